The number of carbonyl (C=O) groups excluding carboxylic acids is 1. The Balaban J connectivity index is 1.59. The van der Waals surface area contributed by atoms with Crippen molar-refractivity contribution in [2.24, 2.45) is 0 Å². The quantitative estimate of drug-likeness (QED) is 0.597. The number of rotatable bonds is 4. The van der Waals surface area contributed by atoms with Gasteiger partial charge >= 0.3 is 0 Å². The molecule has 3 aromatic heterocycles. The SMILES string of the molecule is Cc1ccc(C(=O)NC2CC2)cc1-n1cnc2cnc(-c3cccnc3)nc21. The molecule has 138 valence electrons. The summed E-state index contributed by atoms with van der Waals surface area (Å²) in [4.78, 5) is 30.1. The van der Waals surface area contributed by atoms with Gasteiger partial charge in [0.1, 0.15) is 11.8 Å². The molecule has 7 nitrogen and oxygen atoms in total. The number of aryl methyl sites for hydroxylation is 1. The number of benzene rings is 1. The van der Waals surface area contributed by atoms with E-state index in [-0.39, 0.29) is 5.91 Å². The number of nitrogens with one attached hydrogen (secondary N) is 1. The third-order valence-corrected chi connectivity index (χ3v) is 4.85. The average molecular weight is 370 g/mol. The molecule has 28 heavy (non-hydrogen) atoms. The lowest BCUT2D eigenvalue weighted by atomic mass is 10.1. The molecule has 4 aromatic rings. The molecule has 7 heteroatoms. The summed E-state index contributed by atoms with van der Waals surface area (Å²) in [7, 11) is 0. The number of carbonyl (C=O) groups is 1. The van der Waals surface area contributed by atoms with Crippen LogP contribution in [-0.4, -0.2) is 36.5 Å². The van der Waals surface area contributed by atoms with Crippen molar-refractivity contribution >= 4 is 17.1 Å². The molecule has 0 atom stereocenters. The van der Waals surface area contributed by atoms with Crippen molar-refractivity contribution in [2.45, 2.75) is 25.8 Å². The van der Waals surface area contributed by atoms with Gasteiger partial charge in [0.2, 0.25) is 0 Å². The zero-order valence-electron chi connectivity index (χ0n) is 15.3. The van der Waals surface area contributed by atoms with Crippen LogP contribution < -0.4 is 5.32 Å². The van der Waals surface area contributed by atoms with E-state index in [0.717, 1.165) is 29.7 Å². The van der Waals surface area contributed by atoms with Crippen molar-refractivity contribution in [3.05, 3.63) is 66.4 Å². The Morgan fingerprint density at radius 2 is 2.07 bits per heavy atom. The van der Waals surface area contributed by atoms with Gasteiger partial charge < -0.3 is 5.32 Å². The molecular weight excluding hydrogens is 352 g/mol. The molecule has 1 N–H and O–H groups in total. The molecule has 1 aromatic carbocycles. The number of amides is 1. The van der Waals surface area contributed by atoms with Crippen LogP contribution in [0.25, 0.3) is 28.2 Å². The second-order valence-electron chi connectivity index (χ2n) is 7.01. The number of pyridine rings is 1. The van der Waals surface area contributed by atoms with Gasteiger partial charge in [-0.05, 0) is 49.6 Å². The minimum Gasteiger partial charge on any atom is -0.349 e. The highest BCUT2D eigenvalue weighted by atomic mass is 16.1. The van der Waals surface area contributed by atoms with Crippen molar-refractivity contribution in [3.63, 3.8) is 0 Å². The molecule has 1 aliphatic carbocycles. The summed E-state index contributed by atoms with van der Waals surface area (Å²) < 4.78 is 1.90. The van der Waals surface area contributed by atoms with E-state index in [4.69, 9.17) is 4.98 Å². The largest absolute Gasteiger partial charge is 0.349 e. The van der Waals surface area contributed by atoms with E-state index < -0.39 is 0 Å². The van der Waals surface area contributed by atoms with E-state index in [1.807, 2.05) is 41.8 Å². The van der Waals surface area contributed by atoms with E-state index in [9.17, 15) is 4.79 Å². The second kappa shape index (κ2) is 6.53. The van der Waals surface area contributed by atoms with Crippen LogP contribution >= 0.6 is 0 Å². The van der Waals surface area contributed by atoms with Crippen LogP contribution in [0.15, 0.2) is 55.2 Å². The highest BCUT2D eigenvalue weighted by Crippen LogP contribution is 2.24. The number of aromatic nitrogens is 5. The lowest BCUT2D eigenvalue weighted by molar-refractivity contribution is 0.0951. The van der Waals surface area contributed by atoms with Gasteiger partial charge in [-0.25, -0.2) is 15.0 Å². The first-order valence-electron chi connectivity index (χ1n) is 9.21. The highest BCUT2D eigenvalue weighted by molar-refractivity contribution is 5.95. The lowest BCUT2D eigenvalue weighted by Crippen LogP contribution is -2.25. The summed E-state index contributed by atoms with van der Waals surface area (Å²) >= 11 is 0. The second-order valence-corrected chi connectivity index (χ2v) is 7.01. The third-order valence-electron chi connectivity index (χ3n) is 4.85. The molecule has 1 amide bonds. The first-order chi connectivity index (χ1) is 13.7. The van der Waals surface area contributed by atoms with Crippen molar-refractivity contribution in [2.75, 3.05) is 0 Å². The van der Waals surface area contributed by atoms with Crippen molar-refractivity contribution in [1.29, 1.82) is 0 Å². The summed E-state index contributed by atoms with van der Waals surface area (Å²) in [5.74, 6) is 0.543. The number of imidazole rings is 1. The van der Waals surface area contributed by atoms with Crippen molar-refractivity contribution in [1.82, 2.24) is 29.8 Å². The fourth-order valence-electron chi connectivity index (χ4n) is 3.13. The summed E-state index contributed by atoms with van der Waals surface area (Å²) in [5, 5.41) is 3.03. The molecule has 3 heterocycles. The van der Waals surface area contributed by atoms with Crippen LogP contribution in [0, 0.1) is 6.92 Å². The van der Waals surface area contributed by atoms with Gasteiger partial charge in [0, 0.05) is 29.6 Å². The van der Waals surface area contributed by atoms with Gasteiger partial charge in [0.05, 0.1) is 11.9 Å². The van der Waals surface area contributed by atoms with E-state index in [0.29, 0.717) is 28.6 Å². The van der Waals surface area contributed by atoms with Crippen LogP contribution in [0.2, 0.25) is 0 Å². The first-order valence-corrected chi connectivity index (χ1v) is 9.21. The minimum absolute atomic E-state index is 0.0427. The first kappa shape index (κ1) is 16.6. The average Bonchev–Trinajstić information content (AvgIpc) is 3.45. The smallest absolute Gasteiger partial charge is 0.251 e. The molecule has 1 fully saturated rings. The summed E-state index contributed by atoms with van der Waals surface area (Å²) in [6, 6.07) is 9.79. The molecule has 1 aliphatic rings. The Morgan fingerprint density at radius 3 is 2.86 bits per heavy atom. The maximum Gasteiger partial charge on any atom is 0.251 e. The third kappa shape index (κ3) is 3.00. The van der Waals surface area contributed by atoms with Gasteiger partial charge in [0.25, 0.3) is 5.91 Å². The zero-order chi connectivity index (χ0) is 19.1. The molecule has 1 saturated carbocycles. The Morgan fingerprint density at radius 1 is 1.18 bits per heavy atom. The fraction of sp³-hybridized carbons (Fsp3) is 0.190. The Labute approximate surface area is 161 Å². The van der Waals surface area contributed by atoms with Crippen LogP contribution in [0.4, 0.5) is 0 Å². The standard InChI is InChI=1S/C21H18N6O/c1-13-4-5-14(21(28)25-16-6-7-16)9-18(13)27-12-24-17-11-23-19(26-20(17)27)15-3-2-8-22-10-15/h2-5,8-12,16H,6-7H2,1H3,(H,25,28). The molecular formula is C21H18N6O. The maximum atomic E-state index is 12.5. The van der Waals surface area contributed by atoms with Gasteiger partial charge in [-0.15, -0.1) is 0 Å². The topological polar surface area (TPSA) is 85.6 Å². The molecule has 0 spiro atoms. The number of nitrogens with zero attached hydrogens (tertiary/aromatic N) is 5. The normalized spacial score (nSPS) is 13.6. The van der Waals surface area contributed by atoms with E-state index in [2.05, 4.69) is 20.3 Å². The number of hydrogen-bond donors (Lipinski definition) is 1. The molecule has 0 saturated heterocycles. The minimum atomic E-state index is -0.0427. The molecule has 0 unspecified atom stereocenters. The predicted molar refractivity (Wildman–Crippen MR) is 105 cm³/mol. The van der Waals surface area contributed by atoms with E-state index in [1.165, 1.54) is 0 Å². The van der Waals surface area contributed by atoms with Crippen molar-refractivity contribution in [3.8, 4) is 17.1 Å². The Kier molecular flexibility index (Phi) is 3.86. The highest BCUT2D eigenvalue weighted by Gasteiger charge is 2.24. The zero-order valence-corrected chi connectivity index (χ0v) is 15.3. The van der Waals surface area contributed by atoms with E-state index >= 15 is 0 Å². The van der Waals surface area contributed by atoms with Gasteiger partial charge in [-0.1, -0.05) is 6.07 Å². The van der Waals surface area contributed by atoms with Crippen LogP contribution in [0.3, 0.4) is 0 Å². The summed E-state index contributed by atoms with van der Waals surface area (Å²) in [6.07, 6.45) is 9.00. The molecule has 0 aliphatic heterocycles. The van der Waals surface area contributed by atoms with Gasteiger partial charge in [0.15, 0.2) is 11.5 Å². The molecule has 0 bridgehead atoms. The lowest BCUT2D eigenvalue weighted by Gasteiger charge is -2.11. The maximum absolute atomic E-state index is 12.5. The predicted octanol–water partition coefficient (Wildman–Crippen LogP) is 3.08. The Bertz CT molecular complexity index is 1180. The molecule has 5 rings (SSSR count). The number of fused-ring (bicyclic) bond motifs is 1. The van der Waals surface area contributed by atoms with Crippen LogP contribution in [0.5, 0.6) is 0 Å². The van der Waals surface area contributed by atoms with Crippen molar-refractivity contribution < 1.29 is 4.79 Å². The van der Waals surface area contributed by atoms with Gasteiger partial charge in [-0.3, -0.25) is 14.3 Å². The monoisotopic (exact) mass is 370 g/mol. The Hall–Kier alpha value is -3.61. The summed E-state index contributed by atoms with van der Waals surface area (Å²) in [6.45, 7) is 2.01. The summed E-state index contributed by atoms with van der Waals surface area (Å²) in [5.41, 5.74) is 4.77. The number of hydrogen-bond acceptors (Lipinski definition) is 5. The van der Waals surface area contributed by atoms with Crippen LogP contribution in [0.1, 0.15) is 28.8 Å². The fourth-order valence-corrected chi connectivity index (χ4v) is 3.13. The van der Waals surface area contributed by atoms with E-state index in [1.54, 1.807) is 24.9 Å². The van der Waals surface area contributed by atoms with Crippen LogP contribution in [-0.2, 0) is 0 Å². The van der Waals surface area contributed by atoms with Gasteiger partial charge in [-0.2, -0.15) is 0 Å². The molecule has 0 radical (unpaired) electrons.